The SMILES string of the molecule is O=c1[nH]nc2cc(NCC(O)C(F)(F)F)ncn12. The van der Waals surface area contributed by atoms with Gasteiger partial charge in [-0.05, 0) is 0 Å². The predicted molar refractivity (Wildman–Crippen MR) is 54.2 cm³/mol. The number of aliphatic hydroxyl groups excluding tert-OH is 1. The standard InChI is InChI=1S/C8H8F3N5O2/c9-8(10,11)4(17)2-12-5-1-6-14-15-7(18)16(6)3-13-5/h1,3-4,12,17H,2H2,(H,15,18). The molecule has 10 heteroatoms. The van der Waals surface area contributed by atoms with Crippen LogP contribution in [0.3, 0.4) is 0 Å². The van der Waals surface area contributed by atoms with Crippen molar-refractivity contribution in [3.63, 3.8) is 0 Å². The van der Waals surface area contributed by atoms with Gasteiger partial charge in [0, 0.05) is 6.07 Å². The number of rotatable bonds is 3. The third-order valence-corrected chi connectivity index (χ3v) is 2.16. The summed E-state index contributed by atoms with van der Waals surface area (Å²) in [5.41, 5.74) is -0.293. The van der Waals surface area contributed by atoms with Gasteiger partial charge >= 0.3 is 11.9 Å². The quantitative estimate of drug-likeness (QED) is 0.710. The summed E-state index contributed by atoms with van der Waals surface area (Å²) in [6.45, 7) is -0.735. The summed E-state index contributed by atoms with van der Waals surface area (Å²) in [5, 5.41) is 16.8. The number of halogens is 3. The van der Waals surface area contributed by atoms with Crippen molar-refractivity contribution in [2.24, 2.45) is 0 Å². The summed E-state index contributed by atoms with van der Waals surface area (Å²) in [5.74, 6) is 0.0739. The van der Waals surface area contributed by atoms with Crippen molar-refractivity contribution < 1.29 is 18.3 Å². The largest absolute Gasteiger partial charge is 0.416 e. The van der Waals surface area contributed by atoms with Gasteiger partial charge in [0.25, 0.3) is 0 Å². The lowest BCUT2D eigenvalue weighted by Gasteiger charge is -2.15. The van der Waals surface area contributed by atoms with Gasteiger partial charge in [-0.15, -0.1) is 0 Å². The Bertz CT molecular complexity index is 605. The van der Waals surface area contributed by atoms with Gasteiger partial charge in [0.1, 0.15) is 12.1 Å². The van der Waals surface area contributed by atoms with Crippen LogP contribution in [-0.4, -0.2) is 43.5 Å². The van der Waals surface area contributed by atoms with Gasteiger partial charge in [-0.25, -0.2) is 19.3 Å². The summed E-state index contributed by atoms with van der Waals surface area (Å²) in [7, 11) is 0. The highest BCUT2D eigenvalue weighted by Gasteiger charge is 2.37. The van der Waals surface area contributed by atoms with E-state index in [9.17, 15) is 18.0 Å². The van der Waals surface area contributed by atoms with Crippen LogP contribution in [0.2, 0.25) is 0 Å². The van der Waals surface area contributed by atoms with Crippen LogP contribution in [0.25, 0.3) is 5.65 Å². The molecule has 0 aliphatic rings. The summed E-state index contributed by atoms with van der Waals surface area (Å²) in [4.78, 5) is 14.8. The average Bonchev–Trinajstić information content (AvgIpc) is 2.66. The van der Waals surface area contributed by atoms with Crippen molar-refractivity contribution in [1.82, 2.24) is 19.6 Å². The van der Waals surface area contributed by atoms with Crippen molar-refractivity contribution in [2.45, 2.75) is 12.3 Å². The van der Waals surface area contributed by atoms with Crippen LogP contribution in [0.4, 0.5) is 19.0 Å². The smallest absolute Gasteiger partial charge is 0.382 e. The number of aromatic nitrogens is 4. The minimum Gasteiger partial charge on any atom is -0.382 e. The number of nitrogens with zero attached hydrogens (tertiary/aromatic N) is 3. The lowest BCUT2D eigenvalue weighted by molar-refractivity contribution is -0.198. The van der Waals surface area contributed by atoms with Gasteiger partial charge < -0.3 is 10.4 Å². The zero-order valence-corrected chi connectivity index (χ0v) is 8.77. The van der Waals surface area contributed by atoms with E-state index in [1.807, 2.05) is 0 Å². The van der Waals surface area contributed by atoms with Crippen molar-refractivity contribution >= 4 is 11.5 Å². The number of anilines is 1. The normalized spacial score (nSPS) is 13.8. The molecule has 0 saturated heterocycles. The molecule has 0 aliphatic carbocycles. The maximum Gasteiger partial charge on any atom is 0.416 e. The van der Waals surface area contributed by atoms with Gasteiger partial charge in [-0.3, -0.25) is 0 Å². The second kappa shape index (κ2) is 4.29. The number of alkyl halides is 3. The Hall–Kier alpha value is -2.10. The second-order valence-electron chi connectivity index (χ2n) is 3.47. The van der Waals surface area contributed by atoms with Crippen LogP contribution in [0.5, 0.6) is 0 Å². The number of nitrogens with one attached hydrogen (secondary N) is 2. The first-order valence-electron chi connectivity index (χ1n) is 4.79. The highest BCUT2D eigenvalue weighted by molar-refractivity contribution is 5.48. The van der Waals surface area contributed by atoms with Crippen molar-refractivity contribution in [1.29, 1.82) is 0 Å². The summed E-state index contributed by atoms with van der Waals surface area (Å²) in [6, 6.07) is 1.28. The molecule has 0 aliphatic heterocycles. The van der Waals surface area contributed by atoms with E-state index in [2.05, 4.69) is 20.5 Å². The third kappa shape index (κ3) is 2.42. The summed E-state index contributed by atoms with van der Waals surface area (Å²) >= 11 is 0. The highest BCUT2D eigenvalue weighted by atomic mass is 19.4. The number of hydrogen-bond donors (Lipinski definition) is 3. The zero-order chi connectivity index (χ0) is 13.3. The fraction of sp³-hybridized carbons (Fsp3) is 0.375. The monoisotopic (exact) mass is 263 g/mol. The van der Waals surface area contributed by atoms with Gasteiger partial charge in [-0.1, -0.05) is 0 Å². The van der Waals surface area contributed by atoms with Crippen LogP contribution in [0.15, 0.2) is 17.2 Å². The van der Waals surface area contributed by atoms with E-state index in [0.717, 1.165) is 10.7 Å². The number of hydrogen-bond acceptors (Lipinski definition) is 5. The van der Waals surface area contributed by atoms with Gasteiger partial charge in [0.2, 0.25) is 0 Å². The number of fused-ring (bicyclic) bond motifs is 1. The highest BCUT2D eigenvalue weighted by Crippen LogP contribution is 2.20. The molecule has 3 N–H and O–H groups in total. The molecule has 2 aromatic rings. The third-order valence-electron chi connectivity index (χ3n) is 2.16. The Morgan fingerprint density at radius 2 is 2.28 bits per heavy atom. The average molecular weight is 263 g/mol. The fourth-order valence-corrected chi connectivity index (χ4v) is 1.22. The molecule has 1 atom stereocenters. The molecule has 0 radical (unpaired) electrons. The first kappa shape index (κ1) is 12.4. The van der Waals surface area contributed by atoms with E-state index in [1.165, 1.54) is 6.07 Å². The second-order valence-corrected chi connectivity index (χ2v) is 3.47. The molecule has 98 valence electrons. The fourth-order valence-electron chi connectivity index (χ4n) is 1.22. The van der Waals surface area contributed by atoms with Crippen LogP contribution < -0.4 is 11.0 Å². The van der Waals surface area contributed by atoms with E-state index >= 15 is 0 Å². The van der Waals surface area contributed by atoms with E-state index in [1.54, 1.807) is 0 Å². The summed E-state index contributed by atoms with van der Waals surface area (Å²) < 4.78 is 37.2. The van der Waals surface area contributed by atoms with Crippen molar-refractivity contribution in [3.8, 4) is 0 Å². The molecule has 2 aromatic heterocycles. The van der Waals surface area contributed by atoms with Crippen molar-refractivity contribution in [2.75, 3.05) is 11.9 Å². The molecule has 0 fully saturated rings. The van der Waals surface area contributed by atoms with Gasteiger partial charge in [0.05, 0.1) is 6.54 Å². The molecular weight excluding hydrogens is 255 g/mol. The molecule has 0 spiro atoms. The molecule has 2 heterocycles. The van der Waals surface area contributed by atoms with Gasteiger partial charge in [0.15, 0.2) is 11.8 Å². The number of aliphatic hydroxyl groups is 1. The van der Waals surface area contributed by atoms with E-state index in [0.29, 0.717) is 0 Å². The molecule has 0 aromatic carbocycles. The predicted octanol–water partition coefficient (Wildman–Crippen LogP) is -0.247. The molecule has 18 heavy (non-hydrogen) atoms. The molecule has 0 saturated carbocycles. The minimum absolute atomic E-state index is 0.0739. The molecule has 2 rings (SSSR count). The molecular formula is C8H8F3N5O2. The first-order chi connectivity index (χ1) is 8.38. The van der Waals surface area contributed by atoms with Gasteiger partial charge in [-0.2, -0.15) is 18.3 Å². The maximum atomic E-state index is 12.0. The van der Waals surface area contributed by atoms with E-state index in [4.69, 9.17) is 5.11 Å². The Morgan fingerprint density at radius 3 is 2.94 bits per heavy atom. The van der Waals surface area contributed by atoms with Crippen LogP contribution >= 0.6 is 0 Å². The number of H-pyrrole nitrogens is 1. The van der Waals surface area contributed by atoms with Crippen LogP contribution in [0.1, 0.15) is 0 Å². The Morgan fingerprint density at radius 1 is 1.56 bits per heavy atom. The first-order valence-corrected chi connectivity index (χ1v) is 4.79. The molecule has 0 bridgehead atoms. The molecule has 7 nitrogen and oxygen atoms in total. The van der Waals surface area contributed by atoms with Crippen molar-refractivity contribution in [3.05, 3.63) is 22.9 Å². The lowest BCUT2D eigenvalue weighted by atomic mass is 10.3. The van der Waals surface area contributed by atoms with Crippen LogP contribution in [-0.2, 0) is 0 Å². The van der Waals surface area contributed by atoms with E-state index in [-0.39, 0.29) is 11.5 Å². The minimum atomic E-state index is -4.69. The molecule has 0 amide bonds. The summed E-state index contributed by atoms with van der Waals surface area (Å²) in [6.07, 6.45) is -6.07. The maximum absolute atomic E-state index is 12.0. The lowest BCUT2D eigenvalue weighted by Crippen LogP contribution is -2.35. The topological polar surface area (TPSA) is 95.3 Å². The Kier molecular flexibility index (Phi) is 2.95. The van der Waals surface area contributed by atoms with E-state index < -0.39 is 24.5 Å². The van der Waals surface area contributed by atoms with Crippen LogP contribution in [0, 0.1) is 0 Å². The Labute approximate surface area is 97.3 Å². The zero-order valence-electron chi connectivity index (χ0n) is 8.77. The number of aromatic amines is 1. The Balaban J connectivity index is 2.11. The molecule has 1 unspecified atom stereocenters.